The van der Waals surface area contributed by atoms with Crippen LogP contribution in [-0.4, -0.2) is 25.8 Å². The monoisotopic (exact) mass is 438 g/mol. The minimum Gasteiger partial charge on any atom is -0.493 e. The number of nitrogens with one attached hydrogen (secondary N) is 1. The molecule has 1 amide bonds. The molecular formula is C24H23ClN2O4. The van der Waals surface area contributed by atoms with Crippen molar-refractivity contribution < 1.29 is 19.0 Å². The van der Waals surface area contributed by atoms with E-state index in [0.29, 0.717) is 41.0 Å². The summed E-state index contributed by atoms with van der Waals surface area (Å²) >= 11 is 6.31. The van der Waals surface area contributed by atoms with E-state index in [0.717, 1.165) is 11.1 Å². The lowest BCUT2D eigenvalue weighted by Crippen LogP contribution is -2.17. The number of halogens is 1. The Morgan fingerprint density at radius 3 is 2.48 bits per heavy atom. The number of amides is 1. The standard InChI is InChI=1S/C24H23ClN2O4/c1-3-30-22-12-10-19(14-23(22)29-2)24(28)27-26-15-18-9-11-21(20(25)13-18)31-16-17-7-5-4-6-8-17/h4-15H,3,16H2,1-2H3,(H,27,28)/b26-15+. The second-order valence-corrected chi connectivity index (χ2v) is 6.87. The smallest absolute Gasteiger partial charge is 0.271 e. The molecule has 160 valence electrons. The third kappa shape index (κ3) is 6.23. The van der Waals surface area contributed by atoms with Crippen molar-refractivity contribution in [2.75, 3.05) is 13.7 Å². The Labute approximate surface area is 186 Å². The van der Waals surface area contributed by atoms with Crippen molar-refractivity contribution in [2.24, 2.45) is 5.10 Å². The van der Waals surface area contributed by atoms with E-state index in [1.54, 1.807) is 30.3 Å². The first kappa shape index (κ1) is 22.2. The molecule has 0 atom stereocenters. The number of carbonyl (C=O) groups excluding carboxylic acids is 1. The van der Waals surface area contributed by atoms with E-state index >= 15 is 0 Å². The van der Waals surface area contributed by atoms with Crippen LogP contribution in [0.5, 0.6) is 17.2 Å². The Bertz CT molecular complexity index is 1050. The first-order valence-electron chi connectivity index (χ1n) is 9.71. The van der Waals surface area contributed by atoms with Gasteiger partial charge in [0.1, 0.15) is 12.4 Å². The minimum atomic E-state index is -0.369. The number of carbonyl (C=O) groups is 1. The number of rotatable bonds is 9. The zero-order chi connectivity index (χ0) is 22.1. The van der Waals surface area contributed by atoms with Crippen LogP contribution >= 0.6 is 11.6 Å². The van der Waals surface area contributed by atoms with Crippen LogP contribution in [0.25, 0.3) is 0 Å². The van der Waals surface area contributed by atoms with Gasteiger partial charge in [0, 0.05) is 5.56 Å². The minimum absolute atomic E-state index is 0.369. The van der Waals surface area contributed by atoms with Crippen LogP contribution < -0.4 is 19.6 Å². The second kappa shape index (κ2) is 11.0. The van der Waals surface area contributed by atoms with Crippen molar-refractivity contribution >= 4 is 23.7 Å². The molecule has 0 fully saturated rings. The summed E-state index contributed by atoms with van der Waals surface area (Å²) in [5.74, 6) is 1.27. The highest BCUT2D eigenvalue weighted by atomic mass is 35.5. The van der Waals surface area contributed by atoms with Gasteiger partial charge in [-0.1, -0.05) is 41.9 Å². The lowest BCUT2D eigenvalue weighted by Gasteiger charge is -2.10. The lowest BCUT2D eigenvalue weighted by molar-refractivity contribution is 0.0954. The zero-order valence-electron chi connectivity index (χ0n) is 17.3. The number of hydrazone groups is 1. The lowest BCUT2D eigenvalue weighted by atomic mass is 10.2. The molecule has 0 bridgehead atoms. The summed E-state index contributed by atoms with van der Waals surface area (Å²) in [6.07, 6.45) is 1.51. The molecule has 3 rings (SSSR count). The molecule has 0 saturated heterocycles. The summed E-state index contributed by atoms with van der Waals surface area (Å²) in [5, 5.41) is 4.46. The summed E-state index contributed by atoms with van der Waals surface area (Å²) in [5.41, 5.74) is 4.67. The van der Waals surface area contributed by atoms with Gasteiger partial charge >= 0.3 is 0 Å². The van der Waals surface area contributed by atoms with Crippen LogP contribution in [0.15, 0.2) is 71.8 Å². The molecule has 0 aromatic heterocycles. The Morgan fingerprint density at radius 1 is 1.00 bits per heavy atom. The highest BCUT2D eigenvalue weighted by Gasteiger charge is 2.10. The van der Waals surface area contributed by atoms with E-state index in [4.69, 9.17) is 25.8 Å². The number of hydrogen-bond donors (Lipinski definition) is 1. The largest absolute Gasteiger partial charge is 0.493 e. The Kier molecular flexibility index (Phi) is 7.90. The predicted octanol–water partition coefficient (Wildman–Crippen LogP) is 5.09. The van der Waals surface area contributed by atoms with Crippen LogP contribution in [0, 0.1) is 0 Å². The fourth-order valence-corrected chi connectivity index (χ4v) is 3.01. The molecule has 0 aliphatic carbocycles. The molecule has 0 heterocycles. The zero-order valence-corrected chi connectivity index (χ0v) is 18.1. The highest BCUT2D eigenvalue weighted by Crippen LogP contribution is 2.28. The molecule has 1 N–H and O–H groups in total. The second-order valence-electron chi connectivity index (χ2n) is 6.46. The first-order valence-corrected chi connectivity index (χ1v) is 10.1. The van der Waals surface area contributed by atoms with Crippen LogP contribution in [0.2, 0.25) is 5.02 Å². The average molecular weight is 439 g/mol. The maximum atomic E-state index is 12.3. The summed E-state index contributed by atoms with van der Waals surface area (Å²) in [6, 6.07) is 20.1. The van der Waals surface area contributed by atoms with Gasteiger partial charge in [-0.15, -0.1) is 0 Å². The predicted molar refractivity (Wildman–Crippen MR) is 121 cm³/mol. The maximum Gasteiger partial charge on any atom is 0.271 e. The third-order valence-corrected chi connectivity index (χ3v) is 4.59. The highest BCUT2D eigenvalue weighted by molar-refractivity contribution is 6.32. The number of methoxy groups -OCH3 is 1. The normalized spacial score (nSPS) is 10.7. The summed E-state index contributed by atoms with van der Waals surface area (Å²) in [4.78, 5) is 12.3. The van der Waals surface area contributed by atoms with Gasteiger partial charge in [-0.3, -0.25) is 4.79 Å². The van der Waals surface area contributed by atoms with Gasteiger partial charge in [-0.25, -0.2) is 5.43 Å². The molecule has 0 radical (unpaired) electrons. The van der Waals surface area contributed by atoms with Gasteiger partial charge in [-0.05, 0) is 54.4 Å². The molecular weight excluding hydrogens is 416 g/mol. The van der Waals surface area contributed by atoms with Gasteiger partial charge in [0.05, 0.1) is 25.0 Å². The maximum absolute atomic E-state index is 12.3. The summed E-state index contributed by atoms with van der Waals surface area (Å²) < 4.78 is 16.5. The van der Waals surface area contributed by atoms with E-state index in [2.05, 4.69) is 10.5 Å². The molecule has 6 nitrogen and oxygen atoms in total. The van der Waals surface area contributed by atoms with E-state index in [9.17, 15) is 4.79 Å². The van der Waals surface area contributed by atoms with Crippen molar-refractivity contribution in [2.45, 2.75) is 13.5 Å². The fourth-order valence-electron chi connectivity index (χ4n) is 2.76. The Morgan fingerprint density at radius 2 is 1.77 bits per heavy atom. The van der Waals surface area contributed by atoms with Crippen molar-refractivity contribution in [3.05, 3.63) is 88.4 Å². The summed E-state index contributed by atoms with van der Waals surface area (Å²) in [6.45, 7) is 2.81. The van der Waals surface area contributed by atoms with Crippen LogP contribution in [0.1, 0.15) is 28.4 Å². The van der Waals surface area contributed by atoms with Crippen LogP contribution in [0.4, 0.5) is 0 Å². The number of ether oxygens (including phenoxy) is 3. The summed E-state index contributed by atoms with van der Waals surface area (Å²) in [7, 11) is 1.52. The van der Waals surface area contributed by atoms with Crippen molar-refractivity contribution in [1.82, 2.24) is 5.43 Å². The van der Waals surface area contributed by atoms with Gasteiger partial charge < -0.3 is 14.2 Å². The first-order chi connectivity index (χ1) is 15.1. The molecule has 3 aromatic rings. The number of benzene rings is 3. The van der Waals surface area contributed by atoms with Crippen LogP contribution in [-0.2, 0) is 6.61 Å². The van der Waals surface area contributed by atoms with Crippen molar-refractivity contribution in [3.63, 3.8) is 0 Å². The molecule has 0 spiro atoms. The van der Waals surface area contributed by atoms with E-state index < -0.39 is 0 Å². The van der Waals surface area contributed by atoms with Crippen molar-refractivity contribution in [3.8, 4) is 17.2 Å². The average Bonchev–Trinajstić information content (AvgIpc) is 2.79. The molecule has 0 saturated carbocycles. The fraction of sp³-hybridized carbons (Fsp3) is 0.167. The van der Waals surface area contributed by atoms with E-state index in [1.807, 2.05) is 43.3 Å². The van der Waals surface area contributed by atoms with Gasteiger partial charge in [0.25, 0.3) is 5.91 Å². The quantitative estimate of drug-likeness (QED) is 0.373. The Hall–Kier alpha value is -3.51. The van der Waals surface area contributed by atoms with E-state index in [1.165, 1.54) is 13.3 Å². The molecule has 0 aliphatic heterocycles. The molecule has 7 heteroatoms. The molecule has 0 unspecified atom stereocenters. The number of nitrogens with zero attached hydrogens (tertiary/aromatic N) is 1. The topological polar surface area (TPSA) is 69.2 Å². The Balaban J connectivity index is 1.59. The van der Waals surface area contributed by atoms with Gasteiger partial charge in [0.2, 0.25) is 0 Å². The number of hydrogen-bond acceptors (Lipinski definition) is 5. The van der Waals surface area contributed by atoms with Crippen LogP contribution in [0.3, 0.4) is 0 Å². The SMILES string of the molecule is CCOc1ccc(C(=O)N/N=C/c2ccc(OCc3ccccc3)c(Cl)c2)cc1OC. The van der Waals surface area contributed by atoms with E-state index in [-0.39, 0.29) is 5.91 Å². The van der Waals surface area contributed by atoms with Crippen molar-refractivity contribution in [1.29, 1.82) is 0 Å². The van der Waals surface area contributed by atoms with Gasteiger partial charge in [-0.2, -0.15) is 5.10 Å². The molecule has 3 aromatic carbocycles. The van der Waals surface area contributed by atoms with Gasteiger partial charge in [0.15, 0.2) is 11.5 Å². The third-order valence-electron chi connectivity index (χ3n) is 4.30. The molecule has 0 aliphatic rings. The molecule has 31 heavy (non-hydrogen) atoms.